The van der Waals surface area contributed by atoms with Gasteiger partial charge < -0.3 is 4.90 Å². The van der Waals surface area contributed by atoms with Gasteiger partial charge in [-0.2, -0.15) is 4.31 Å². The number of carbonyl (C=O) groups excluding carboxylic acids is 1. The van der Waals surface area contributed by atoms with Crippen LogP contribution in [-0.2, 0) is 10.0 Å². The van der Waals surface area contributed by atoms with E-state index in [4.69, 9.17) is 0 Å². The van der Waals surface area contributed by atoms with Crippen LogP contribution in [0.1, 0.15) is 17.3 Å². The minimum absolute atomic E-state index is 0.0902. The second kappa shape index (κ2) is 8.66. The summed E-state index contributed by atoms with van der Waals surface area (Å²) in [4.78, 5) is 24.8. The largest absolute Gasteiger partial charge is 0.353 e. The molecular formula is C24H22N4O3S2. The van der Waals surface area contributed by atoms with Gasteiger partial charge in [-0.3, -0.25) is 4.79 Å². The maximum Gasteiger partial charge on any atom is 0.243 e. The Kier molecular flexibility index (Phi) is 5.69. The molecule has 7 nitrogen and oxygen atoms in total. The summed E-state index contributed by atoms with van der Waals surface area (Å²) in [6.45, 7) is 3.25. The van der Waals surface area contributed by atoms with E-state index in [9.17, 15) is 13.2 Å². The quantitative estimate of drug-likeness (QED) is 0.402. The molecule has 0 bridgehead atoms. The Bertz CT molecular complexity index is 1410. The highest BCUT2D eigenvalue weighted by Crippen LogP contribution is 2.36. The highest BCUT2D eigenvalue weighted by Gasteiger charge is 2.29. The number of thiophene rings is 1. The average molecular weight is 479 g/mol. The molecule has 0 radical (unpaired) electrons. The molecule has 0 N–H and O–H groups in total. The van der Waals surface area contributed by atoms with E-state index >= 15 is 0 Å². The summed E-state index contributed by atoms with van der Waals surface area (Å²) in [5, 5.41) is 0.984. The number of Topliss-reactive ketones (excluding diaryl/α,β-unsaturated/α-hetero) is 1. The topological polar surface area (TPSA) is 83.5 Å². The zero-order chi connectivity index (χ0) is 23.0. The molecule has 1 aliphatic rings. The van der Waals surface area contributed by atoms with Crippen LogP contribution >= 0.6 is 11.3 Å². The van der Waals surface area contributed by atoms with Crippen molar-refractivity contribution in [1.82, 2.24) is 14.3 Å². The first-order valence-electron chi connectivity index (χ1n) is 10.6. The van der Waals surface area contributed by atoms with E-state index in [1.165, 1.54) is 23.4 Å². The number of piperazine rings is 1. The van der Waals surface area contributed by atoms with Crippen LogP contribution in [0.5, 0.6) is 0 Å². The van der Waals surface area contributed by atoms with Gasteiger partial charge in [0.25, 0.3) is 0 Å². The van der Waals surface area contributed by atoms with E-state index < -0.39 is 10.0 Å². The van der Waals surface area contributed by atoms with Crippen molar-refractivity contribution in [3.63, 3.8) is 0 Å². The monoisotopic (exact) mass is 478 g/mol. The normalized spacial score (nSPS) is 15.1. The van der Waals surface area contributed by atoms with Crippen molar-refractivity contribution < 1.29 is 13.2 Å². The number of anilines is 1. The number of nitrogens with zero attached hydrogens (tertiary/aromatic N) is 4. The molecule has 9 heteroatoms. The van der Waals surface area contributed by atoms with Crippen LogP contribution in [0.25, 0.3) is 20.7 Å². The van der Waals surface area contributed by atoms with E-state index in [2.05, 4.69) is 33.1 Å². The first-order chi connectivity index (χ1) is 15.9. The zero-order valence-corrected chi connectivity index (χ0v) is 19.6. The van der Waals surface area contributed by atoms with Gasteiger partial charge in [-0.05, 0) is 30.7 Å². The molecule has 0 amide bonds. The molecule has 0 saturated carbocycles. The van der Waals surface area contributed by atoms with Crippen molar-refractivity contribution in [3.8, 4) is 10.4 Å². The molecule has 0 atom stereocenters. The van der Waals surface area contributed by atoms with Gasteiger partial charge >= 0.3 is 0 Å². The molecule has 5 rings (SSSR count). The van der Waals surface area contributed by atoms with E-state index in [-0.39, 0.29) is 10.7 Å². The molecule has 0 unspecified atom stereocenters. The molecule has 1 aliphatic heterocycles. The second-order valence-corrected chi connectivity index (χ2v) is 10.8. The summed E-state index contributed by atoms with van der Waals surface area (Å²) >= 11 is 1.63. The second-order valence-electron chi connectivity index (χ2n) is 7.86. The minimum Gasteiger partial charge on any atom is -0.353 e. The summed E-state index contributed by atoms with van der Waals surface area (Å²) in [5.74, 6) is 0.744. The number of sulfonamides is 1. The van der Waals surface area contributed by atoms with Gasteiger partial charge in [-0.15, -0.1) is 11.3 Å². The molecule has 0 aliphatic carbocycles. The third kappa shape index (κ3) is 4.15. The zero-order valence-electron chi connectivity index (χ0n) is 18.0. The first-order valence-corrected chi connectivity index (χ1v) is 12.9. The van der Waals surface area contributed by atoms with Gasteiger partial charge in [0.15, 0.2) is 5.78 Å². The van der Waals surface area contributed by atoms with Gasteiger partial charge in [0.1, 0.15) is 17.0 Å². The third-order valence-electron chi connectivity index (χ3n) is 5.80. The van der Waals surface area contributed by atoms with Crippen molar-refractivity contribution in [2.45, 2.75) is 11.8 Å². The molecule has 2 aromatic heterocycles. The summed E-state index contributed by atoms with van der Waals surface area (Å²) in [6.07, 6.45) is 1.57. The summed E-state index contributed by atoms with van der Waals surface area (Å²) < 4.78 is 27.7. The maximum absolute atomic E-state index is 13.1. The lowest BCUT2D eigenvalue weighted by molar-refractivity contribution is 0.101. The fraction of sp³-hybridized carbons (Fsp3) is 0.208. The van der Waals surface area contributed by atoms with Crippen molar-refractivity contribution in [2.24, 2.45) is 0 Å². The van der Waals surface area contributed by atoms with Gasteiger partial charge in [0.05, 0.1) is 10.3 Å². The lowest BCUT2D eigenvalue weighted by Crippen LogP contribution is -2.49. The standard InChI is InChI=1S/C24H22N4O3S2/c1-17(29)18-7-9-20(10-8-18)33(30,31)28-13-11-27(12-14-28)23-21-15-22(19-5-3-2-4-6-19)32-24(21)26-16-25-23/h2-10,15-16H,11-14H2,1H3. The predicted molar refractivity (Wildman–Crippen MR) is 130 cm³/mol. The number of hydrogen-bond acceptors (Lipinski definition) is 7. The van der Waals surface area contributed by atoms with Crippen LogP contribution in [0.2, 0.25) is 0 Å². The van der Waals surface area contributed by atoms with Crippen LogP contribution in [0.15, 0.2) is 71.9 Å². The number of ketones is 1. The van der Waals surface area contributed by atoms with Crippen LogP contribution < -0.4 is 4.90 Å². The number of hydrogen-bond donors (Lipinski definition) is 0. The van der Waals surface area contributed by atoms with Gasteiger partial charge in [0, 0.05) is 36.6 Å². The van der Waals surface area contributed by atoms with Crippen molar-refractivity contribution in [3.05, 3.63) is 72.6 Å². The summed E-state index contributed by atoms with van der Waals surface area (Å²) in [6, 6.07) is 18.4. The maximum atomic E-state index is 13.1. The summed E-state index contributed by atoms with van der Waals surface area (Å²) in [5.41, 5.74) is 1.63. The number of carbonyl (C=O) groups is 1. The van der Waals surface area contributed by atoms with E-state index in [0.717, 1.165) is 26.5 Å². The Morgan fingerprint density at radius 1 is 0.939 bits per heavy atom. The lowest BCUT2D eigenvalue weighted by atomic mass is 10.2. The Balaban J connectivity index is 1.36. The van der Waals surface area contributed by atoms with E-state index in [1.807, 2.05) is 18.2 Å². The van der Waals surface area contributed by atoms with Gasteiger partial charge in [0.2, 0.25) is 10.0 Å². The van der Waals surface area contributed by atoms with Crippen LogP contribution in [0.4, 0.5) is 5.82 Å². The fourth-order valence-corrected chi connectivity index (χ4v) is 6.41. The number of rotatable bonds is 5. The van der Waals surface area contributed by atoms with Crippen LogP contribution in [0.3, 0.4) is 0 Å². The molecule has 3 heterocycles. The van der Waals surface area contributed by atoms with Gasteiger partial charge in [-0.25, -0.2) is 18.4 Å². The smallest absolute Gasteiger partial charge is 0.243 e. The number of aromatic nitrogens is 2. The van der Waals surface area contributed by atoms with Crippen molar-refractivity contribution in [1.29, 1.82) is 0 Å². The molecule has 2 aromatic carbocycles. The third-order valence-corrected chi connectivity index (χ3v) is 8.81. The number of benzene rings is 2. The molecular weight excluding hydrogens is 456 g/mol. The molecule has 168 valence electrons. The number of fused-ring (bicyclic) bond motifs is 1. The highest BCUT2D eigenvalue weighted by atomic mass is 32.2. The van der Waals surface area contributed by atoms with Crippen LogP contribution in [0, 0.1) is 0 Å². The average Bonchev–Trinajstić information content (AvgIpc) is 3.29. The SMILES string of the molecule is CC(=O)c1ccc(S(=O)(=O)N2CCN(c3ncnc4sc(-c5ccccc5)cc34)CC2)cc1. The fourth-order valence-electron chi connectivity index (χ4n) is 3.99. The molecule has 1 fully saturated rings. The first kappa shape index (κ1) is 21.7. The summed E-state index contributed by atoms with van der Waals surface area (Å²) in [7, 11) is -3.62. The molecule has 33 heavy (non-hydrogen) atoms. The van der Waals surface area contributed by atoms with Crippen molar-refractivity contribution >= 4 is 43.2 Å². The van der Waals surface area contributed by atoms with Crippen LogP contribution in [-0.4, -0.2) is 54.7 Å². The Hall–Kier alpha value is -3.14. The predicted octanol–water partition coefficient (Wildman–Crippen LogP) is 4.07. The molecule has 4 aromatic rings. The molecule has 1 saturated heterocycles. The Morgan fingerprint density at radius 3 is 2.30 bits per heavy atom. The highest BCUT2D eigenvalue weighted by molar-refractivity contribution is 7.89. The van der Waals surface area contributed by atoms with E-state index in [0.29, 0.717) is 31.7 Å². The Morgan fingerprint density at radius 2 is 1.64 bits per heavy atom. The minimum atomic E-state index is -3.62. The molecule has 0 spiro atoms. The lowest BCUT2D eigenvalue weighted by Gasteiger charge is -2.34. The van der Waals surface area contributed by atoms with E-state index in [1.54, 1.807) is 29.8 Å². The Labute approximate surface area is 196 Å². The van der Waals surface area contributed by atoms with Crippen molar-refractivity contribution in [2.75, 3.05) is 31.1 Å². The van der Waals surface area contributed by atoms with Gasteiger partial charge in [-0.1, -0.05) is 42.5 Å².